The molecule has 1 aromatic carbocycles. The Labute approximate surface area is 296 Å². The minimum absolute atomic E-state index is 0.00838. The van der Waals surface area contributed by atoms with E-state index in [0.717, 1.165) is 49.6 Å². The average Bonchev–Trinajstić information content (AvgIpc) is 3.43. The second-order valence-corrected chi connectivity index (χ2v) is 12.2. The zero-order valence-corrected chi connectivity index (χ0v) is 29.7. The molecule has 0 fully saturated rings. The van der Waals surface area contributed by atoms with Crippen LogP contribution in [0.15, 0.2) is 36.4 Å². The van der Waals surface area contributed by atoms with Crippen LogP contribution in [-0.2, 0) is 46.2 Å². The van der Waals surface area contributed by atoms with Crippen LogP contribution in [-0.4, -0.2) is 111 Å². The maximum absolute atomic E-state index is 12.1. The number of carbonyl (C=O) groups excluding carboxylic acids is 3. The molecule has 50 heavy (non-hydrogen) atoms. The van der Waals surface area contributed by atoms with E-state index in [9.17, 15) is 19.5 Å². The number of hydrogen-bond acceptors (Lipinski definition) is 10. The minimum atomic E-state index is -0.961. The lowest BCUT2D eigenvalue weighted by molar-refractivity contribution is -0.132. The van der Waals surface area contributed by atoms with E-state index < -0.39 is 6.23 Å². The predicted molar refractivity (Wildman–Crippen MR) is 192 cm³/mol. The van der Waals surface area contributed by atoms with Gasteiger partial charge in [-0.3, -0.25) is 14.4 Å². The number of aliphatic hydroxyl groups excluding tert-OH is 1. The van der Waals surface area contributed by atoms with E-state index in [4.69, 9.17) is 24.7 Å². The van der Waals surface area contributed by atoms with Gasteiger partial charge in [0.25, 0.3) is 0 Å². The molecule has 0 radical (unpaired) electrons. The van der Waals surface area contributed by atoms with Gasteiger partial charge in [-0.15, -0.1) is 0 Å². The van der Waals surface area contributed by atoms with Gasteiger partial charge in [0, 0.05) is 43.9 Å². The number of unbranched alkanes of at least 4 members (excludes halogenated alkanes) is 4. The van der Waals surface area contributed by atoms with E-state index in [1.807, 2.05) is 6.07 Å². The molecular weight excluding hydrogens is 642 g/mol. The third-order valence-corrected chi connectivity index (χ3v) is 8.31. The highest BCUT2D eigenvalue weighted by atomic mass is 16.6. The van der Waals surface area contributed by atoms with Crippen LogP contribution < -0.4 is 16.4 Å². The van der Waals surface area contributed by atoms with Crippen molar-refractivity contribution >= 4 is 34.4 Å². The largest absolute Gasteiger partial charge is 0.383 e. The lowest BCUT2D eigenvalue weighted by atomic mass is 9.99. The predicted octanol–water partition coefficient (Wildman–Crippen LogP) is 3.06. The Morgan fingerprint density at radius 2 is 1.46 bits per heavy atom. The highest BCUT2D eigenvalue weighted by molar-refractivity contribution is 5.90. The summed E-state index contributed by atoms with van der Waals surface area (Å²) in [6.07, 6.45) is 10.6. The molecule has 0 bridgehead atoms. The van der Waals surface area contributed by atoms with Crippen LogP contribution in [0.25, 0.3) is 10.9 Å². The summed E-state index contributed by atoms with van der Waals surface area (Å²) in [5.41, 5.74) is 9.64. The van der Waals surface area contributed by atoms with Crippen molar-refractivity contribution in [3.05, 3.63) is 47.5 Å². The molecule has 2 heterocycles. The first-order valence-electron chi connectivity index (χ1n) is 18.1. The van der Waals surface area contributed by atoms with Gasteiger partial charge in [-0.05, 0) is 61.4 Å². The molecule has 0 saturated heterocycles. The van der Waals surface area contributed by atoms with Gasteiger partial charge in [0.2, 0.25) is 17.7 Å². The molecule has 3 rings (SSSR count). The van der Waals surface area contributed by atoms with Crippen molar-refractivity contribution in [1.82, 2.24) is 20.5 Å². The lowest BCUT2D eigenvalue weighted by Gasteiger charge is -2.19. The number of amides is 3. The SMILES string of the molecule is CCCCCc1cc2c(CCCCCNC(=O)CCOCCOCCOCCOCCNC(=O)CCN3C(=O)C=CC3O)cccc2nc1N. The summed E-state index contributed by atoms with van der Waals surface area (Å²) in [6, 6.07) is 8.49. The number of anilines is 1. The summed E-state index contributed by atoms with van der Waals surface area (Å²) in [6.45, 7) is 6.53. The Morgan fingerprint density at radius 1 is 0.820 bits per heavy atom. The van der Waals surface area contributed by atoms with Crippen molar-refractivity contribution in [3.8, 4) is 0 Å². The Bertz CT molecular complexity index is 1340. The summed E-state index contributed by atoms with van der Waals surface area (Å²) in [4.78, 5) is 41.4. The third kappa shape index (κ3) is 15.9. The topological polar surface area (TPSA) is 175 Å². The van der Waals surface area contributed by atoms with E-state index in [2.05, 4.69) is 40.7 Å². The molecule has 0 spiro atoms. The van der Waals surface area contributed by atoms with Crippen molar-refractivity contribution < 1.29 is 38.4 Å². The quantitative estimate of drug-likeness (QED) is 0.0967. The van der Waals surface area contributed by atoms with Gasteiger partial charge in [-0.25, -0.2) is 4.98 Å². The van der Waals surface area contributed by atoms with Gasteiger partial charge < -0.3 is 45.3 Å². The van der Waals surface area contributed by atoms with Crippen LogP contribution in [0.4, 0.5) is 5.82 Å². The molecule has 0 saturated carbocycles. The molecule has 13 nitrogen and oxygen atoms in total. The Balaban J connectivity index is 1.07. The highest BCUT2D eigenvalue weighted by Crippen LogP contribution is 2.25. The number of ether oxygens (including phenoxy) is 4. The Morgan fingerprint density at radius 3 is 2.16 bits per heavy atom. The number of fused-ring (bicyclic) bond motifs is 1. The van der Waals surface area contributed by atoms with Crippen molar-refractivity contribution in [1.29, 1.82) is 0 Å². The number of pyridine rings is 1. The van der Waals surface area contributed by atoms with Crippen molar-refractivity contribution in [2.75, 3.05) is 78.2 Å². The molecule has 13 heteroatoms. The number of nitrogens with one attached hydrogen (secondary N) is 2. The Hall–Kier alpha value is -3.62. The zero-order chi connectivity index (χ0) is 35.8. The number of nitrogen functional groups attached to an aromatic ring is 1. The number of nitrogens with two attached hydrogens (primary N) is 1. The van der Waals surface area contributed by atoms with Gasteiger partial charge >= 0.3 is 0 Å². The highest BCUT2D eigenvalue weighted by Gasteiger charge is 2.23. The van der Waals surface area contributed by atoms with Gasteiger partial charge in [0.1, 0.15) is 12.0 Å². The van der Waals surface area contributed by atoms with Gasteiger partial charge in [-0.1, -0.05) is 38.3 Å². The summed E-state index contributed by atoms with van der Waals surface area (Å²) in [7, 11) is 0. The second-order valence-electron chi connectivity index (χ2n) is 12.2. The summed E-state index contributed by atoms with van der Waals surface area (Å²) >= 11 is 0. The number of carbonyl (C=O) groups is 3. The van der Waals surface area contributed by atoms with Gasteiger partial charge in [0.05, 0.1) is 58.4 Å². The lowest BCUT2D eigenvalue weighted by Crippen LogP contribution is -2.37. The third-order valence-electron chi connectivity index (χ3n) is 8.31. The number of hydrogen-bond donors (Lipinski definition) is 4. The molecule has 2 aromatic rings. The summed E-state index contributed by atoms with van der Waals surface area (Å²) < 4.78 is 21.9. The van der Waals surface area contributed by atoms with Crippen molar-refractivity contribution in [2.45, 2.75) is 77.4 Å². The fourth-order valence-corrected chi connectivity index (χ4v) is 5.47. The van der Waals surface area contributed by atoms with Crippen LogP contribution in [0.5, 0.6) is 0 Å². The maximum Gasteiger partial charge on any atom is 0.248 e. The van der Waals surface area contributed by atoms with Crippen LogP contribution >= 0.6 is 0 Å². The van der Waals surface area contributed by atoms with Crippen molar-refractivity contribution in [2.24, 2.45) is 0 Å². The first kappa shape index (κ1) is 40.8. The fourth-order valence-electron chi connectivity index (χ4n) is 5.47. The molecule has 1 aliphatic heterocycles. The zero-order valence-electron chi connectivity index (χ0n) is 29.7. The van der Waals surface area contributed by atoms with E-state index in [1.54, 1.807) is 0 Å². The molecule has 1 aromatic heterocycles. The smallest absolute Gasteiger partial charge is 0.248 e. The average molecular weight is 700 g/mol. The summed E-state index contributed by atoms with van der Waals surface area (Å²) in [5, 5.41) is 16.5. The van der Waals surface area contributed by atoms with E-state index >= 15 is 0 Å². The molecule has 5 N–H and O–H groups in total. The minimum Gasteiger partial charge on any atom is -0.383 e. The van der Waals surface area contributed by atoms with Crippen LogP contribution in [0.1, 0.15) is 69.4 Å². The number of aromatic nitrogens is 1. The summed E-state index contributed by atoms with van der Waals surface area (Å²) in [5.74, 6) is 0.124. The number of benzene rings is 1. The number of nitrogens with zero attached hydrogens (tertiary/aromatic N) is 2. The monoisotopic (exact) mass is 699 g/mol. The molecule has 0 aliphatic carbocycles. The van der Waals surface area contributed by atoms with Crippen LogP contribution in [0, 0.1) is 0 Å². The molecule has 1 unspecified atom stereocenters. The fraction of sp³-hybridized carbons (Fsp3) is 0.622. The molecule has 3 amide bonds. The first-order chi connectivity index (χ1) is 24.4. The number of aryl methyl sites for hydroxylation is 2. The normalized spacial score (nSPS) is 14.2. The van der Waals surface area contributed by atoms with Crippen LogP contribution in [0.3, 0.4) is 0 Å². The van der Waals surface area contributed by atoms with Crippen LogP contribution in [0.2, 0.25) is 0 Å². The molecule has 278 valence electrons. The van der Waals surface area contributed by atoms with Gasteiger partial charge in [-0.2, -0.15) is 0 Å². The van der Waals surface area contributed by atoms with E-state index in [0.29, 0.717) is 78.2 Å². The Kier molecular flexibility index (Phi) is 20.0. The second kappa shape index (κ2) is 24.5. The maximum atomic E-state index is 12.1. The molecule has 1 atom stereocenters. The molecule has 1 aliphatic rings. The molecular formula is C37H57N5O8. The number of rotatable bonds is 28. The first-order valence-corrected chi connectivity index (χ1v) is 18.1. The van der Waals surface area contributed by atoms with Gasteiger partial charge in [0.15, 0.2) is 0 Å². The number of aliphatic hydroxyl groups is 1. The van der Waals surface area contributed by atoms with E-state index in [1.165, 1.54) is 40.8 Å². The standard InChI is InChI=1S/C37H57N5O8/c1-2-3-5-10-30-28-31-29(11-8-12-32(31)41-37(30)38)9-6-4-7-17-39-34(44)16-20-47-22-24-49-26-27-50-25-23-48-21-18-40-33(43)15-19-42-35(45)13-14-36(42)46/h8,11-14,28,35,45H,2-7,9-10,15-27H2,1H3,(H2,38,41)(H,39,44)(H,40,43). The van der Waals surface area contributed by atoms with E-state index in [-0.39, 0.29) is 30.7 Å². The van der Waals surface area contributed by atoms with Crippen molar-refractivity contribution in [3.63, 3.8) is 0 Å².